The van der Waals surface area contributed by atoms with Crippen molar-refractivity contribution in [3.63, 3.8) is 0 Å². The fourth-order valence-electron chi connectivity index (χ4n) is 3.11. The van der Waals surface area contributed by atoms with E-state index in [9.17, 15) is 4.39 Å². The Balaban J connectivity index is 1.47. The molecular formula is C20H12BrClFN7. The van der Waals surface area contributed by atoms with Crippen molar-refractivity contribution >= 4 is 56.1 Å². The molecule has 0 bridgehead atoms. The normalized spacial score (nSPS) is 11.7. The molecule has 0 aliphatic carbocycles. The number of benzene rings is 2. The second-order valence-corrected chi connectivity index (χ2v) is 7.74. The van der Waals surface area contributed by atoms with Crippen LogP contribution >= 0.6 is 27.5 Å². The van der Waals surface area contributed by atoms with Gasteiger partial charge in [0.25, 0.3) is 0 Å². The third kappa shape index (κ3) is 3.31. The van der Waals surface area contributed by atoms with Crippen molar-refractivity contribution in [2.24, 2.45) is 5.10 Å². The van der Waals surface area contributed by atoms with E-state index >= 15 is 0 Å². The Bertz CT molecular complexity index is 1410. The van der Waals surface area contributed by atoms with Crippen LogP contribution in [0.4, 0.5) is 10.2 Å². The lowest BCUT2D eigenvalue weighted by Crippen LogP contribution is -2.01. The quantitative estimate of drug-likeness (QED) is 0.269. The molecule has 30 heavy (non-hydrogen) atoms. The summed E-state index contributed by atoms with van der Waals surface area (Å²) in [5.74, 6) is 0.149. The first kappa shape index (κ1) is 18.7. The zero-order valence-corrected chi connectivity index (χ0v) is 17.5. The van der Waals surface area contributed by atoms with E-state index in [1.165, 1.54) is 16.6 Å². The maximum atomic E-state index is 14.3. The fraction of sp³-hybridized carbons (Fsp3) is 0. The van der Waals surface area contributed by atoms with Gasteiger partial charge in [-0.05, 0) is 42.5 Å². The van der Waals surface area contributed by atoms with Crippen LogP contribution in [0.1, 0.15) is 5.56 Å². The van der Waals surface area contributed by atoms with Crippen molar-refractivity contribution in [1.29, 1.82) is 0 Å². The van der Waals surface area contributed by atoms with E-state index in [0.29, 0.717) is 11.5 Å². The number of H-pyrrole nitrogens is 1. The predicted molar refractivity (Wildman–Crippen MR) is 118 cm³/mol. The average molecular weight is 485 g/mol. The highest BCUT2D eigenvalue weighted by molar-refractivity contribution is 9.10. The van der Waals surface area contributed by atoms with Crippen LogP contribution in [0, 0.1) is 5.82 Å². The lowest BCUT2D eigenvalue weighted by Gasteiger charge is -2.05. The van der Waals surface area contributed by atoms with Crippen LogP contribution in [0.5, 0.6) is 0 Å². The van der Waals surface area contributed by atoms with Crippen LogP contribution in [0.25, 0.3) is 27.9 Å². The molecule has 0 spiro atoms. The monoisotopic (exact) mass is 483 g/mol. The van der Waals surface area contributed by atoms with Crippen molar-refractivity contribution in [3.8, 4) is 11.4 Å². The lowest BCUT2D eigenvalue weighted by atomic mass is 10.2. The number of halogens is 3. The van der Waals surface area contributed by atoms with Gasteiger partial charge in [-0.1, -0.05) is 33.6 Å². The Hall–Kier alpha value is -3.30. The molecule has 7 nitrogen and oxygen atoms in total. The minimum Gasteiger partial charge on any atom is -0.361 e. The van der Waals surface area contributed by atoms with Crippen LogP contribution in [0.15, 0.2) is 64.3 Å². The van der Waals surface area contributed by atoms with Crippen LogP contribution in [0.3, 0.4) is 0 Å². The molecule has 5 aromatic rings. The summed E-state index contributed by atoms with van der Waals surface area (Å²) < 4.78 is 16.7. The lowest BCUT2D eigenvalue weighted by molar-refractivity contribution is 0.629. The largest absolute Gasteiger partial charge is 0.361 e. The first-order valence-corrected chi connectivity index (χ1v) is 10.00. The minimum absolute atomic E-state index is 0.143. The molecule has 148 valence electrons. The number of anilines is 1. The maximum absolute atomic E-state index is 14.3. The molecule has 0 atom stereocenters. The summed E-state index contributed by atoms with van der Waals surface area (Å²) >= 11 is 9.64. The molecule has 2 aromatic carbocycles. The molecular weight excluding hydrogens is 473 g/mol. The van der Waals surface area contributed by atoms with Crippen molar-refractivity contribution in [2.75, 3.05) is 5.43 Å². The van der Waals surface area contributed by atoms with E-state index in [1.807, 2.05) is 24.4 Å². The number of hydrogen-bond acceptors (Lipinski definition) is 5. The summed E-state index contributed by atoms with van der Waals surface area (Å²) in [7, 11) is 0. The van der Waals surface area contributed by atoms with E-state index in [-0.39, 0.29) is 16.4 Å². The standard InChI is InChI=1S/C20H12BrClFN7/c21-12-4-5-16-13(8-12)11(9-24-16)10-25-26-17-6-7-18-27-28-20(30(18)29-17)19-14(22)2-1-3-15(19)23/h1-10,24H,(H,26,29). The number of fused-ring (bicyclic) bond motifs is 2. The Morgan fingerprint density at radius 2 is 2.07 bits per heavy atom. The number of hydrazone groups is 1. The molecule has 3 aromatic heterocycles. The van der Waals surface area contributed by atoms with Crippen LogP contribution in [-0.4, -0.2) is 31.0 Å². The zero-order valence-electron chi connectivity index (χ0n) is 15.1. The van der Waals surface area contributed by atoms with Gasteiger partial charge in [0.2, 0.25) is 0 Å². The van der Waals surface area contributed by atoms with Gasteiger partial charge in [-0.25, -0.2) is 4.39 Å². The average Bonchev–Trinajstić information content (AvgIpc) is 3.32. The summed E-state index contributed by atoms with van der Waals surface area (Å²) in [4.78, 5) is 3.20. The molecule has 10 heteroatoms. The molecule has 3 heterocycles. The summed E-state index contributed by atoms with van der Waals surface area (Å²) in [6.45, 7) is 0. The highest BCUT2D eigenvalue weighted by atomic mass is 79.9. The Morgan fingerprint density at radius 3 is 2.93 bits per heavy atom. The Kier molecular flexibility index (Phi) is 4.68. The molecule has 0 radical (unpaired) electrons. The smallest absolute Gasteiger partial charge is 0.189 e. The van der Waals surface area contributed by atoms with E-state index < -0.39 is 5.82 Å². The van der Waals surface area contributed by atoms with Crippen molar-refractivity contribution < 1.29 is 4.39 Å². The van der Waals surface area contributed by atoms with Gasteiger partial charge in [0.05, 0.1) is 16.8 Å². The number of nitrogens with one attached hydrogen (secondary N) is 2. The third-order valence-electron chi connectivity index (χ3n) is 4.51. The fourth-order valence-corrected chi connectivity index (χ4v) is 3.71. The van der Waals surface area contributed by atoms with Crippen LogP contribution < -0.4 is 5.43 Å². The third-order valence-corrected chi connectivity index (χ3v) is 5.32. The van der Waals surface area contributed by atoms with Gasteiger partial charge >= 0.3 is 0 Å². The first-order chi connectivity index (χ1) is 14.6. The predicted octanol–water partition coefficient (Wildman–Crippen LogP) is 5.27. The van der Waals surface area contributed by atoms with Gasteiger partial charge < -0.3 is 4.98 Å². The molecule has 5 rings (SSSR count). The second kappa shape index (κ2) is 7.51. The molecule has 0 amide bonds. The van der Waals surface area contributed by atoms with Gasteiger partial charge in [-0.15, -0.1) is 15.3 Å². The van der Waals surface area contributed by atoms with E-state index in [2.05, 4.69) is 46.7 Å². The second-order valence-electron chi connectivity index (χ2n) is 6.41. The molecule has 0 aliphatic rings. The van der Waals surface area contributed by atoms with Crippen LogP contribution in [-0.2, 0) is 0 Å². The molecule has 2 N–H and O–H groups in total. The molecule has 0 saturated heterocycles. The summed E-state index contributed by atoms with van der Waals surface area (Å²) in [5, 5.41) is 18.0. The summed E-state index contributed by atoms with van der Waals surface area (Å²) in [6, 6.07) is 13.8. The van der Waals surface area contributed by atoms with Crippen molar-refractivity contribution in [3.05, 3.63) is 75.6 Å². The van der Waals surface area contributed by atoms with Gasteiger partial charge in [-0.3, -0.25) is 5.43 Å². The highest BCUT2D eigenvalue weighted by Gasteiger charge is 2.17. The number of rotatable bonds is 4. The Morgan fingerprint density at radius 1 is 1.17 bits per heavy atom. The highest BCUT2D eigenvalue weighted by Crippen LogP contribution is 2.29. The molecule has 0 fully saturated rings. The number of aromatic nitrogens is 5. The first-order valence-electron chi connectivity index (χ1n) is 8.83. The SMILES string of the molecule is Fc1cccc(Cl)c1-c1nnc2ccc(NN=Cc3c[nH]c4ccc(Br)cc34)nn12. The van der Waals surface area contributed by atoms with Gasteiger partial charge in [0.1, 0.15) is 5.82 Å². The van der Waals surface area contributed by atoms with Crippen LogP contribution in [0.2, 0.25) is 5.02 Å². The van der Waals surface area contributed by atoms with E-state index in [1.54, 1.807) is 24.4 Å². The molecule has 0 saturated carbocycles. The van der Waals surface area contributed by atoms with Crippen molar-refractivity contribution in [2.45, 2.75) is 0 Å². The minimum atomic E-state index is -0.500. The molecule has 0 aliphatic heterocycles. The Labute approximate surface area is 182 Å². The van der Waals surface area contributed by atoms with Gasteiger partial charge in [0.15, 0.2) is 17.3 Å². The number of nitrogens with zero attached hydrogens (tertiary/aromatic N) is 5. The van der Waals surface area contributed by atoms with E-state index in [0.717, 1.165) is 20.9 Å². The molecule has 0 unspecified atom stereocenters. The van der Waals surface area contributed by atoms with Crippen molar-refractivity contribution in [1.82, 2.24) is 24.8 Å². The maximum Gasteiger partial charge on any atom is 0.189 e. The van der Waals surface area contributed by atoms with E-state index in [4.69, 9.17) is 11.6 Å². The number of aromatic amines is 1. The van der Waals surface area contributed by atoms with Gasteiger partial charge in [-0.2, -0.15) is 9.62 Å². The number of hydrogen-bond donors (Lipinski definition) is 2. The van der Waals surface area contributed by atoms with Gasteiger partial charge in [0, 0.05) is 27.1 Å². The summed E-state index contributed by atoms with van der Waals surface area (Å²) in [5.41, 5.74) is 5.41. The topological polar surface area (TPSA) is 83.3 Å². The summed E-state index contributed by atoms with van der Waals surface area (Å²) in [6.07, 6.45) is 3.56. The zero-order chi connectivity index (χ0) is 20.7.